The summed E-state index contributed by atoms with van der Waals surface area (Å²) in [7, 11) is 0. The number of rotatable bonds is 2. The van der Waals surface area contributed by atoms with Crippen LogP contribution >= 0.6 is 11.3 Å². The average molecular weight is 196 g/mol. The highest BCUT2D eigenvalue weighted by atomic mass is 32.1. The predicted molar refractivity (Wildman–Crippen MR) is 57.1 cm³/mol. The summed E-state index contributed by atoms with van der Waals surface area (Å²) in [6, 6.07) is 4.35. The summed E-state index contributed by atoms with van der Waals surface area (Å²) in [6.45, 7) is 3.05. The Bertz CT molecular complexity index is 245. The van der Waals surface area contributed by atoms with Gasteiger partial charge in [-0.15, -0.1) is 11.3 Å². The second-order valence-corrected chi connectivity index (χ2v) is 4.59. The van der Waals surface area contributed by atoms with Gasteiger partial charge in [-0.05, 0) is 36.9 Å². The lowest BCUT2D eigenvalue weighted by Gasteiger charge is -2.30. The molecule has 1 aromatic rings. The molecule has 0 aromatic carbocycles. The molecular formula is C10H16N2S. The Morgan fingerprint density at radius 3 is 3.23 bits per heavy atom. The molecular weight excluding hydrogens is 180 g/mol. The van der Waals surface area contributed by atoms with Gasteiger partial charge in [-0.1, -0.05) is 6.07 Å². The van der Waals surface area contributed by atoms with Crippen molar-refractivity contribution in [2.24, 2.45) is 11.7 Å². The van der Waals surface area contributed by atoms with Crippen molar-refractivity contribution in [3.05, 3.63) is 22.4 Å². The smallest absolute Gasteiger partial charge is 0.00984 e. The average Bonchev–Trinajstić information content (AvgIpc) is 2.70. The van der Waals surface area contributed by atoms with Crippen molar-refractivity contribution in [3.63, 3.8) is 0 Å². The largest absolute Gasteiger partial charge is 0.330 e. The highest BCUT2D eigenvalue weighted by Gasteiger charge is 2.25. The molecule has 1 aliphatic heterocycles. The summed E-state index contributed by atoms with van der Waals surface area (Å²) >= 11 is 1.85. The number of nitrogens with one attached hydrogen (secondary N) is 1. The molecule has 0 spiro atoms. The summed E-state index contributed by atoms with van der Waals surface area (Å²) < 4.78 is 0. The van der Waals surface area contributed by atoms with Crippen LogP contribution in [0.15, 0.2) is 17.5 Å². The maximum Gasteiger partial charge on any atom is 0.00984 e. The molecule has 0 saturated carbocycles. The molecule has 72 valence electrons. The zero-order chi connectivity index (χ0) is 9.10. The highest BCUT2D eigenvalue weighted by Crippen LogP contribution is 2.31. The SMILES string of the molecule is NCC1CCNCC1c1cccs1. The molecule has 2 unspecified atom stereocenters. The summed E-state index contributed by atoms with van der Waals surface area (Å²) in [4.78, 5) is 1.49. The standard InChI is InChI=1S/C10H16N2S/c11-6-8-3-4-12-7-9(8)10-2-1-5-13-10/h1-2,5,8-9,12H,3-4,6-7,11H2. The van der Waals surface area contributed by atoms with E-state index in [1.165, 1.54) is 11.3 Å². The molecule has 1 saturated heterocycles. The topological polar surface area (TPSA) is 38.0 Å². The minimum Gasteiger partial charge on any atom is -0.330 e. The van der Waals surface area contributed by atoms with E-state index in [0.29, 0.717) is 11.8 Å². The lowest BCUT2D eigenvalue weighted by Crippen LogP contribution is -2.38. The van der Waals surface area contributed by atoms with Gasteiger partial charge in [-0.2, -0.15) is 0 Å². The molecule has 2 heterocycles. The first-order valence-corrected chi connectivity index (χ1v) is 5.74. The fourth-order valence-corrected chi connectivity index (χ4v) is 2.95. The van der Waals surface area contributed by atoms with E-state index in [2.05, 4.69) is 22.8 Å². The fourth-order valence-electron chi connectivity index (χ4n) is 2.03. The normalized spacial score (nSPS) is 29.0. The van der Waals surface area contributed by atoms with Crippen molar-refractivity contribution in [3.8, 4) is 0 Å². The third-order valence-corrected chi connectivity index (χ3v) is 3.84. The minimum absolute atomic E-state index is 0.652. The van der Waals surface area contributed by atoms with Gasteiger partial charge < -0.3 is 11.1 Å². The predicted octanol–water partition coefficient (Wildman–Crippen LogP) is 1.40. The maximum atomic E-state index is 5.78. The molecule has 3 N–H and O–H groups in total. The van der Waals surface area contributed by atoms with Crippen molar-refractivity contribution in [1.82, 2.24) is 5.32 Å². The monoisotopic (exact) mass is 196 g/mol. The van der Waals surface area contributed by atoms with E-state index in [-0.39, 0.29) is 0 Å². The molecule has 0 bridgehead atoms. The minimum atomic E-state index is 0.652. The Kier molecular flexibility index (Phi) is 2.98. The second kappa shape index (κ2) is 4.22. The van der Waals surface area contributed by atoms with Crippen LogP contribution in [0.5, 0.6) is 0 Å². The molecule has 1 aliphatic rings. The van der Waals surface area contributed by atoms with E-state index in [1.54, 1.807) is 0 Å². The summed E-state index contributed by atoms with van der Waals surface area (Å²) in [5.41, 5.74) is 5.78. The highest BCUT2D eigenvalue weighted by molar-refractivity contribution is 7.10. The van der Waals surface area contributed by atoms with Crippen LogP contribution in [-0.2, 0) is 0 Å². The van der Waals surface area contributed by atoms with E-state index < -0.39 is 0 Å². The van der Waals surface area contributed by atoms with Gasteiger partial charge >= 0.3 is 0 Å². The van der Waals surface area contributed by atoms with Crippen molar-refractivity contribution >= 4 is 11.3 Å². The fraction of sp³-hybridized carbons (Fsp3) is 0.600. The van der Waals surface area contributed by atoms with Crippen LogP contribution in [0.3, 0.4) is 0 Å². The molecule has 3 heteroatoms. The molecule has 2 atom stereocenters. The number of piperidine rings is 1. The molecule has 2 nitrogen and oxygen atoms in total. The molecule has 2 rings (SSSR count). The molecule has 13 heavy (non-hydrogen) atoms. The van der Waals surface area contributed by atoms with Crippen LogP contribution < -0.4 is 11.1 Å². The second-order valence-electron chi connectivity index (χ2n) is 3.61. The third kappa shape index (κ3) is 1.93. The molecule has 0 radical (unpaired) electrons. The molecule has 0 amide bonds. The molecule has 1 aromatic heterocycles. The van der Waals surface area contributed by atoms with Crippen molar-refractivity contribution < 1.29 is 0 Å². The van der Waals surface area contributed by atoms with Gasteiger partial charge in [0.25, 0.3) is 0 Å². The van der Waals surface area contributed by atoms with Crippen LogP contribution in [0, 0.1) is 5.92 Å². The number of hydrogen-bond donors (Lipinski definition) is 2. The van der Waals surface area contributed by atoms with Gasteiger partial charge in [0, 0.05) is 17.3 Å². The zero-order valence-corrected chi connectivity index (χ0v) is 8.52. The van der Waals surface area contributed by atoms with Crippen LogP contribution in [-0.4, -0.2) is 19.6 Å². The Morgan fingerprint density at radius 2 is 2.54 bits per heavy atom. The summed E-state index contributed by atoms with van der Waals surface area (Å²) in [5, 5.41) is 5.59. The van der Waals surface area contributed by atoms with E-state index in [1.807, 2.05) is 11.3 Å². The van der Waals surface area contributed by atoms with Gasteiger partial charge in [0.05, 0.1) is 0 Å². The zero-order valence-electron chi connectivity index (χ0n) is 7.70. The van der Waals surface area contributed by atoms with Crippen LogP contribution in [0.1, 0.15) is 17.2 Å². The van der Waals surface area contributed by atoms with E-state index in [0.717, 1.165) is 19.6 Å². The molecule has 0 aliphatic carbocycles. The van der Waals surface area contributed by atoms with Crippen LogP contribution in [0.4, 0.5) is 0 Å². The van der Waals surface area contributed by atoms with Crippen molar-refractivity contribution in [2.75, 3.05) is 19.6 Å². The van der Waals surface area contributed by atoms with Crippen LogP contribution in [0.25, 0.3) is 0 Å². The Labute approximate surface area is 83.1 Å². The maximum absolute atomic E-state index is 5.78. The summed E-state index contributed by atoms with van der Waals surface area (Å²) in [5.74, 6) is 1.33. The first kappa shape index (κ1) is 9.19. The third-order valence-electron chi connectivity index (χ3n) is 2.84. The van der Waals surface area contributed by atoms with Crippen molar-refractivity contribution in [2.45, 2.75) is 12.3 Å². The van der Waals surface area contributed by atoms with Gasteiger partial charge in [-0.25, -0.2) is 0 Å². The quantitative estimate of drug-likeness (QED) is 0.750. The van der Waals surface area contributed by atoms with Gasteiger partial charge in [0.1, 0.15) is 0 Å². The first-order chi connectivity index (χ1) is 6.42. The van der Waals surface area contributed by atoms with Gasteiger partial charge in [0.2, 0.25) is 0 Å². The summed E-state index contributed by atoms with van der Waals surface area (Å²) in [6.07, 6.45) is 1.22. The number of nitrogens with two attached hydrogens (primary N) is 1. The van der Waals surface area contributed by atoms with E-state index in [9.17, 15) is 0 Å². The van der Waals surface area contributed by atoms with Crippen molar-refractivity contribution in [1.29, 1.82) is 0 Å². The Balaban J connectivity index is 2.11. The van der Waals surface area contributed by atoms with E-state index in [4.69, 9.17) is 5.73 Å². The Hall–Kier alpha value is -0.380. The Morgan fingerprint density at radius 1 is 1.62 bits per heavy atom. The lowest BCUT2D eigenvalue weighted by molar-refractivity contribution is 0.334. The lowest BCUT2D eigenvalue weighted by atomic mass is 9.85. The molecule has 1 fully saturated rings. The number of hydrogen-bond acceptors (Lipinski definition) is 3. The first-order valence-electron chi connectivity index (χ1n) is 4.86. The van der Waals surface area contributed by atoms with Gasteiger partial charge in [0.15, 0.2) is 0 Å². The van der Waals surface area contributed by atoms with Gasteiger partial charge in [-0.3, -0.25) is 0 Å². The van der Waals surface area contributed by atoms with E-state index >= 15 is 0 Å². The van der Waals surface area contributed by atoms with Crippen LogP contribution in [0.2, 0.25) is 0 Å². The number of thiophene rings is 1.